The number of nitrogens with one attached hydrogen (secondary N) is 2. The van der Waals surface area contributed by atoms with E-state index in [1.807, 2.05) is 0 Å². The molecule has 1 aromatic carbocycles. The molecule has 0 bridgehead atoms. The summed E-state index contributed by atoms with van der Waals surface area (Å²) < 4.78 is 12.9. The summed E-state index contributed by atoms with van der Waals surface area (Å²) >= 11 is 0. The Kier molecular flexibility index (Phi) is 5.10. The van der Waals surface area contributed by atoms with Crippen LogP contribution in [0, 0.1) is 5.82 Å². The van der Waals surface area contributed by atoms with Gasteiger partial charge in [0.05, 0.1) is 38.7 Å². The lowest BCUT2D eigenvalue weighted by molar-refractivity contribution is -0.892. The molecule has 1 aromatic rings. The number of carboxylic acid groups (broad SMARTS) is 1. The Labute approximate surface area is 122 Å². The Balaban J connectivity index is 1.76. The molecule has 0 unspecified atom stereocenters. The first-order valence-electron chi connectivity index (χ1n) is 6.85. The molecule has 0 aliphatic carbocycles. The summed E-state index contributed by atoms with van der Waals surface area (Å²) in [4.78, 5) is 25.0. The predicted octanol–water partition coefficient (Wildman–Crippen LogP) is -2.60. The molecular weight excluding hydrogens is 277 g/mol. The van der Waals surface area contributed by atoms with Crippen LogP contribution in [0.4, 0.5) is 10.1 Å². The third kappa shape index (κ3) is 4.71. The molecule has 0 saturated carbocycles. The van der Waals surface area contributed by atoms with Crippen LogP contribution in [0.5, 0.6) is 0 Å². The lowest BCUT2D eigenvalue weighted by Crippen LogP contribution is -3.16. The molecule has 7 heteroatoms. The van der Waals surface area contributed by atoms with Crippen LogP contribution < -0.4 is 20.2 Å². The number of carbonyl (C=O) groups is 2. The predicted molar refractivity (Wildman–Crippen MR) is 72.2 cm³/mol. The van der Waals surface area contributed by atoms with Crippen LogP contribution in [0.15, 0.2) is 24.3 Å². The molecule has 1 aliphatic heterocycles. The van der Waals surface area contributed by atoms with Crippen molar-refractivity contribution in [2.45, 2.75) is 0 Å². The summed E-state index contributed by atoms with van der Waals surface area (Å²) in [7, 11) is 0. The van der Waals surface area contributed by atoms with Gasteiger partial charge in [0.15, 0.2) is 6.54 Å². The van der Waals surface area contributed by atoms with Crippen LogP contribution in [-0.4, -0.2) is 51.1 Å². The standard InChI is InChI=1S/C14H18FN3O3/c15-11-1-3-12(4-2-11)18-7-5-17(6-8-18)10-13(19)16-9-14(20)21/h1-4H,5-10H2,(H,16,19)(H,20,21). The lowest BCUT2D eigenvalue weighted by Gasteiger charge is -2.33. The molecule has 6 nitrogen and oxygen atoms in total. The smallest absolute Gasteiger partial charge is 0.275 e. The number of quaternary nitrogens is 1. The van der Waals surface area contributed by atoms with E-state index in [1.165, 1.54) is 12.1 Å². The van der Waals surface area contributed by atoms with E-state index in [-0.39, 0.29) is 18.3 Å². The number of hydrogen-bond donors (Lipinski definition) is 2. The monoisotopic (exact) mass is 295 g/mol. The number of hydrogen-bond acceptors (Lipinski definition) is 4. The number of benzene rings is 1. The Bertz CT molecular complexity index is 499. The van der Waals surface area contributed by atoms with E-state index in [1.54, 1.807) is 12.1 Å². The van der Waals surface area contributed by atoms with Gasteiger partial charge in [-0.1, -0.05) is 0 Å². The molecule has 0 radical (unpaired) electrons. The Morgan fingerprint density at radius 3 is 2.43 bits per heavy atom. The fourth-order valence-corrected chi connectivity index (χ4v) is 2.37. The van der Waals surface area contributed by atoms with Crippen LogP contribution in [0.1, 0.15) is 0 Å². The Hall–Kier alpha value is -2.15. The van der Waals surface area contributed by atoms with E-state index < -0.39 is 12.5 Å². The molecular formula is C14H18FN3O3. The summed E-state index contributed by atoms with van der Waals surface area (Å²) in [6.45, 7) is 2.90. The van der Waals surface area contributed by atoms with Crippen molar-refractivity contribution in [3.8, 4) is 0 Å². The van der Waals surface area contributed by atoms with Crippen molar-refractivity contribution in [1.29, 1.82) is 0 Å². The molecule has 2 rings (SSSR count). The molecule has 1 aliphatic rings. The first-order chi connectivity index (χ1) is 10.0. The van der Waals surface area contributed by atoms with E-state index >= 15 is 0 Å². The van der Waals surface area contributed by atoms with Gasteiger partial charge in [-0.15, -0.1) is 0 Å². The number of piperazine rings is 1. The SMILES string of the molecule is O=C([O-])CNC(=O)C[NH+]1CCN(c2ccc(F)cc2)CC1. The normalized spacial score (nSPS) is 15.8. The number of rotatable bonds is 5. The molecule has 0 aromatic heterocycles. The second-order valence-corrected chi connectivity index (χ2v) is 5.04. The number of aliphatic carboxylic acids is 1. The molecule has 114 valence electrons. The lowest BCUT2D eigenvalue weighted by atomic mass is 10.2. The molecule has 1 heterocycles. The number of amides is 1. The highest BCUT2D eigenvalue weighted by Gasteiger charge is 2.22. The van der Waals surface area contributed by atoms with Gasteiger partial charge in [0.25, 0.3) is 5.91 Å². The van der Waals surface area contributed by atoms with E-state index in [0.29, 0.717) is 0 Å². The molecule has 1 fully saturated rings. The van der Waals surface area contributed by atoms with Crippen molar-refractivity contribution in [2.24, 2.45) is 0 Å². The molecule has 1 amide bonds. The van der Waals surface area contributed by atoms with E-state index in [0.717, 1.165) is 36.8 Å². The van der Waals surface area contributed by atoms with Crippen molar-refractivity contribution in [2.75, 3.05) is 44.2 Å². The Morgan fingerprint density at radius 1 is 1.24 bits per heavy atom. The fraction of sp³-hybridized carbons (Fsp3) is 0.429. The summed E-state index contributed by atoms with van der Waals surface area (Å²) in [5, 5.41) is 12.6. The van der Waals surface area contributed by atoms with Crippen LogP contribution in [0.2, 0.25) is 0 Å². The first-order valence-corrected chi connectivity index (χ1v) is 6.85. The minimum Gasteiger partial charge on any atom is -0.548 e. The zero-order chi connectivity index (χ0) is 15.2. The maximum Gasteiger partial charge on any atom is 0.275 e. The number of nitrogens with zero attached hydrogens (tertiary/aromatic N) is 1. The largest absolute Gasteiger partial charge is 0.548 e. The summed E-state index contributed by atoms with van der Waals surface area (Å²) in [6, 6.07) is 6.35. The van der Waals surface area contributed by atoms with Crippen LogP contribution in [0.3, 0.4) is 0 Å². The maximum absolute atomic E-state index is 12.9. The van der Waals surface area contributed by atoms with E-state index in [9.17, 15) is 19.1 Å². The number of anilines is 1. The van der Waals surface area contributed by atoms with Gasteiger partial charge < -0.3 is 25.0 Å². The quantitative estimate of drug-likeness (QED) is 0.624. The molecule has 21 heavy (non-hydrogen) atoms. The topological polar surface area (TPSA) is 76.9 Å². The summed E-state index contributed by atoms with van der Waals surface area (Å²) in [5.74, 6) is -1.84. The highest BCUT2D eigenvalue weighted by Crippen LogP contribution is 2.14. The third-order valence-electron chi connectivity index (χ3n) is 3.50. The van der Waals surface area contributed by atoms with Gasteiger partial charge in [-0.25, -0.2) is 4.39 Å². The van der Waals surface area contributed by atoms with Crippen LogP contribution in [-0.2, 0) is 9.59 Å². The van der Waals surface area contributed by atoms with Crippen molar-refractivity contribution in [3.05, 3.63) is 30.1 Å². The number of halogens is 1. The molecule has 2 N–H and O–H groups in total. The zero-order valence-corrected chi connectivity index (χ0v) is 11.6. The summed E-state index contributed by atoms with van der Waals surface area (Å²) in [6.07, 6.45) is 0. The van der Waals surface area contributed by atoms with E-state index in [2.05, 4.69) is 10.2 Å². The zero-order valence-electron chi connectivity index (χ0n) is 11.6. The fourth-order valence-electron chi connectivity index (χ4n) is 2.37. The van der Waals surface area contributed by atoms with Gasteiger partial charge in [-0.3, -0.25) is 4.79 Å². The molecule has 1 saturated heterocycles. The second-order valence-electron chi connectivity index (χ2n) is 5.04. The minimum atomic E-state index is -1.29. The van der Waals surface area contributed by atoms with Gasteiger partial charge in [-0.2, -0.15) is 0 Å². The third-order valence-corrected chi connectivity index (χ3v) is 3.50. The van der Waals surface area contributed by atoms with Crippen LogP contribution in [0.25, 0.3) is 0 Å². The minimum absolute atomic E-state index is 0.255. The maximum atomic E-state index is 12.9. The highest BCUT2D eigenvalue weighted by molar-refractivity contribution is 5.81. The molecule has 0 atom stereocenters. The van der Waals surface area contributed by atoms with Crippen molar-refractivity contribution in [1.82, 2.24) is 5.32 Å². The average molecular weight is 295 g/mol. The van der Waals surface area contributed by atoms with Crippen LogP contribution >= 0.6 is 0 Å². The average Bonchev–Trinajstić information content (AvgIpc) is 2.47. The van der Waals surface area contributed by atoms with Gasteiger partial charge >= 0.3 is 0 Å². The molecule has 0 spiro atoms. The van der Waals surface area contributed by atoms with Gasteiger partial charge in [0, 0.05) is 5.69 Å². The second kappa shape index (κ2) is 7.03. The Morgan fingerprint density at radius 2 is 1.86 bits per heavy atom. The van der Waals surface area contributed by atoms with Crippen molar-refractivity contribution < 1.29 is 24.0 Å². The number of carboxylic acids is 1. The van der Waals surface area contributed by atoms with Gasteiger partial charge in [0.1, 0.15) is 5.82 Å². The first kappa shape index (κ1) is 15.2. The van der Waals surface area contributed by atoms with Crippen molar-refractivity contribution in [3.63, 3.8) is 0 Å². The van der Waals surface area contributed by atoms with E-state index in [4.69, 9.17) is 0 Å². The number of carbonyl (C=O) groups excluding carboxylic acids is 2. The van der Waals surface area contributed by atoms with Gasteiger partial charge in [-0.05, 0) is 24.3 Å². The van der Waals surface area contributed by atoms with Gasteiger partial charge in [0.2, 0.25) is 0 Å². The summed E-state index contributed by atoms with van der Waals surface area (Å²) in [5.41, 5.74) is 0.969. The van der Waals surface area contributed by atoms with Crippen molar-refractivity contribution >= 4 is 17.6 Å². The highest BCUT2D eigenvalue weighted by atomic mass is 19.1.